The Morgan fingerprint density at radius 1 is 1.58 bits per heavy atom. The quantitative estimate of drug-likeness (QED) is 0.381. The SMILES string of the molecule is C=CC(=O)Oc1cccc(F)c1. The standard InChI is InChI=1S/C9H7FO2/c1-2-9(11)12-8-5-3-4-7(10)6-8/h2-6H,1H2. The molecule has 0 heterocycles. The van der Waals surface area contributed by atoms with Gasteiger partial charge < -0.3 is 4.74 Å². The van der Waals surface area contributed by atoms with Crippen molar-refractivity contribution in [2.75, 3.05) is 0 Å². The Bertz CT molecular complexity index is 307. The first-order valence-corrected chi connectivity index (χ1v) is 3.32. The van der Waals surface area contributed by atoms with Gasteiger partial charge in [0.05, 0.1) is 0 Å². The molecule has 0 fully saturated rings. The van der Waals surface area contributed by atoms with Gasteiger partial charge >= 0.3 is 5.97 Å². The van der Waals surface area contributed by atoms with Crippen molar-refractivity contribution in [3.05, 3.63) is 42.7 Å². The molecule has 0 aliphatic rings. The van der Waals surface area contributed by atoms with Crippen LogP contribution >= 0.6 is 0 Å². The van der Waals surface area contributed by atoms with Crippen LogP contribution in [-0.4, -0.2) is 5.97 Å². The highest BCUT2D eigenvalue weighted by Crippen LogP contribution is 2.11. The second kappa shape index (κ2) is 3.67. The third kappa shape index (κ3) is 2.20. The Labute approximate surface area is 69.3 Å². The van der Waals surface area contributed by atoms with E-state index in [4.69, 9.17) is 0 Å². The number of carbonyl (C=O) groups excluding carboxylic acids is 1. The molecule has 3 heteroatoms. The largest absolute Gasteiger partial charge is 0.423 e. The molecule has 12 heavy (non-hydrogen) atoms. The molecule has 0 bridgehead atoms. The summed E-state index contributed by atoms with van der Waals surface area (Å²) < 4.78 is 17.2. The Morgan fingerprint density at radius 2 is 2.33 bits per heavy atom. The molecule has 2 nitrogen and oxygen atoms in total. The molecule has 1 aromatic rings. The van der Waals surface area contributed by atoms with Crippen LogP contribution < -0.4 is 4.74 Å². The number of hydrogen-bond acceptors (Lipinski definition) is 2. The summed E-state index contributed by atoms with van der Waals surface area (Å²) in [6, 6.07) is 5.35. The van der Waals surface area contributed by atoms with E-state index >= 15 is 0 Å². The van der Waals surface area contributed by atoms with Crippen LogP contribution in [0, 0.1) is 5.82 Å². The van der Waals surface area contributed by atoms with Crippen LogP contribution in [0.3, 0.4) is 0 Å². The maximum atomic E-state index is 12.5. The zero-order valence-electron chi connectivity index (χ0n) is 6.29. The maximum Gasteiger partial charge on any atom is 0.335 e. The van der Waals surface area contributed by atoms with Gasteiger partial charge in [0.15, 0.2) is 0 Å². The molecule has 0 aromatic heterocycles. The average Bonchev–Trinajstić information content (AvgIpc) is 2.04. The third-order valence-corrected chi connectivity index (χ3v) is 1.18. The number of ether oxygens (including phenoxy) is 1. The predicted octanol–water partition coefficient (Wildman–Crippen LogP) is 1.92. The summed E-state index contributed by atoms with van der Waals surface area (Å²) in [6.07, 6.45) is 1.02. The van der Waals surface area contributed by atoms with Crippen molar-refractivity contribution in [3.63, 3.8) is 0 Å². The van der Waals surface area contributed by atoms with Crippen molar-refractivity contribution in [1.29, 1.82) is 0 Å². The molecule has 0 radical (unpaired) electrons. The molecule has 0 unspecified atom stereocenters. The minimum atomic E-state index is -0.597. The Morgan fingerprint density at radius 3 is 2.92 bits per heavy atom. The monoisotopic (exact) mass is 166 g/mol. The third-order valence-electron chi connectivity index (χ3n) is 1.18. The van der Waals surface area contributed by atoms with E-state index < -0.39 is 11.8 Å². The first-order chi connectivity index (χ1) is 5.72. The van der Waals surface area contributed by atoms with Crippen LogP contribution in [0.1, 0.15) is 0 Å². The molecule has 1 rings (SSSR count). The highest BCUT2D eigenvalue weighted by Gasteiger charge is 1.99. The first kappa shape index (κ1) is 8.46. The van der Waals surface area contributed by atoms with E-state index in [-0.39, 0.29) is 5.75 Å². The Kier molecular flexibility index (Phi) is 2.58. The molecule has 0 saturated heterocycles. The van der Waals surface area contributed by atoms with Gasteiger partial charge in [-0.15, -0.1) is 0 Å². The summed E-state index contributed by atoms with van der Waals surface area (Å²) in [5.41, 5.74) is 0. The molecule has 0 N–H and O–H groups in total. The second-order valence-corrected chi connectivity index (χ2v) is 2.08. The zero-order chi connectivity index (χ0) is 8.97. The van der Waals surface area contributed by atoms with Gasteiger partial charge in [0.25, 0.3) is 0 Å². The summed E-state index contributed by atoms with van der Waals surface area (Å²) in [5, 5.41) is 0. The molecule has 1 aromatic carbocycles. The molecule has 0 saturated carbocycles. The molecule has 0 spiro atoms. The van der Waals surface area contributed by atoms with Crippen LogP contribution in [0.5, 0.6) is 5.75 Å². The topological polar surface area (TPSA) is 26.3 Å². The van der Waals surface area contributed by atoms with Crippen LogP contribution in [0.2, 0.25) is 0 Å². The van der Waals surface area contributed by atoms with Crippen LogP contribution in [0.25, 0.3) is 0 Å². The lowest BCUT2D eigenvalue weighted by Gasteiger charge is -1.99. The summed E-state index contributed by atoms with van der Waals surface area (Å²) in [5.74, 6) is -0.857. The summed E-state index contributed by atoms with van der Waals surface area (Å²) in [7, 11) is 0. The van der Waals surface area contributed by atoms with E-state index in [1.165, 1.54) is 18.2 Å². The van der Waals surface area contributed by atoms with Crippen molar-refractivity contribution < 1.29 is 13.9 Å². The van der Waals surface area contributed by atoms with Gasteiger partial charge in [-0.25, -0.2) is 9.18 Å². The van der Waals surface area contributed by atoms with Gasteiger partial charge in [0.1, 0.15) is 11.6 Å². The van der Waals surface area contributed by atoms with E-state index in [0.717, 1.165) is 12.1 Å². The fourth-order valence-electron chi connectivity index (χ4n) is 0.688. The van der Waals surface area contributed by atoms with E-state index in [1.807, 2.05) is 0 Å². The molecular weight excluding hydrogens is 159 g/mol. The van der Waals surface area contributed by atoms with Gasteiger partial charge in [-0.3, -0.25) is 0 Å². The number of carbonyl (C=O) groups is 1. The lowest BCUT2D eigenvalue weighted by atomic mass is 10.3. The van der Waals surface area contributed by atoms with Gasteiger partial charge in [0.2, 0.25) is 0 Å². The van der Waals surface area contributed by atoms with Gasteiger partial charge in [-0.1, -0.05) is 12.6 Å². The van der Waals surface area contributed by atoms with Crippen molar-refractivity contribution in [1.82, 2.24) is 0 Å². The highest BCUT2D eigenvalue weighted by atomic mass is 19.1. The molecule has 0 amide bonds. The van der Waals surface area contributed by atoms with E-state index in [9.17, 15) is 9.18 Å². The lowest BCUT2D eigenvalue weighted by molar-refractivity contribution is -0.128. The summed E-state index contributed by atoms with van der Waals surface area (Å²) in [4.78, 5) is 10.6. The number of rotatable bonds is 2. The maximum absolute atomic E-state index is 12.5. The number of halogens is 1. The van der Waals surface area contributed by atoms with Crippen molar-refractivity contribution in [3.8, 4) is 5.75 Å². The fraction of sp³-hybridized carbons (Fsp3) is 0. The minimum Gasteiger partial charge on any atom is -0.423 e. The van der Waals surface area contributed by atoms with Crippen LogP contribution in [0.15, 0.2) is 36.9 Å². The molecule has 62 valence electrons. The Balaban J connectivity index is 2.76. The highest BCUT2D eigenvalue weighted by molar-refractivity contribution is 5.83. The number of esters is 1. The molecule has 0 aliphatic carbocycles. The van der Waals surface area contributed by atoms with E-state index in [2.05, 4.69) is 11.3 Å². The smallest absolute Gasteiger partial charge is 0.335 e. The summed E-state index contributed by atoms with van der Waals surface area (Å²) in [6.45, 7) is 3.21. The second-order valence-electron chi connectivity index (χ2n) is 2.08. The zero-order valence-corrected chi connectivity index (χ0v) is 6.29. The minimum absolute atomic E-state index is 0.180. The molecule has 0 aliphatic heterocycles. The normalized spacial score (nSPS) is 9.08. The van der Waals surface area contributed by atoms with Crippen LogP contribution in [-0.2, 0) is 4.79 Å². The average molecular weight is 166 g/mol. The van der Waals surface area contributed by atoms with E-state index in [0.29, 0.717) is 0 Å². The van der Waals surface area contributed by atoms with Gasteiger partial charge in [0, 0.05) is 12.1 Å². The van der Waals surface area contributed by atoms with Gasteiger partial charge in [-0.05, 0) is 12.1 Å². The van der Waals surface area contributed by atoms with Crippen LogP contribution in [0.4, 0.5) is 4.39 Å². The molecular formula is C9H7FO2. The van der Waals surface area contributed by atoms with E-state index in [1.54, 1.807) is 0 Å². The van der Waals surface area contributed by atoms with Crippen molar-refractivity contribution in [2.45, 2.75) is 0 Å². The van der Waals surface area contributed by atoms with Crippen molar-refractivity contribution in [2.24, 2.45) is 0 Å². The Hall–Kier alpha value is -1.64. The number of hydrogen-bond donors (Lipinski definition) is 0. The lowest BCUT2D eigenvalue weighted by Crippen LogP contribution is -2.02. The van der Waals surface area contributed by atoms with Crippen molar-refractivity contribution >= 4 is 5.97 Å². The molecule has 0 atom stereocenters. The summed E-state index contributed by atoms with van der Waals surface area (Å²) >= 11 is 0. The van der Waals surface area contributed by atoms with Gasteiger partial charge in [-0.2, -0.15) is 0 Å². The first-order valence-electron chi connectivity index (χ1n) is 3.32. The predicted molar refractivity (Wildman–Crippen MR) is 42.2 cm³/mol. The number of benzene rings is 1. The fourth-order valence-corrected chi connectivity index (χ4v) is 0.688.